The summed E-state index contributed by atoms with van der Waals surface area (Å²) in [6.07, 6.45) is 4.50. The Morgan fingerprint density at radius 1 is 1.76 bits per heavy atom. The molecule has 17 heavy (non-hydrogen) atoms. The number of anilines is 1. The van der Waals surface area contributed by atoms with Crippen molar-refractivity contribution in [1.82, 2.24) is 9.78 Å². The van der Waals surface area contributed by atoms with Gasteiger partial charge in [-0.3, -0.25) is 9.48 Å². The highest BCUT2D eigenvalue weighted by molar-refractivity contribution is 5.73. The zero-order valence-electron chi connectivity index (χ0n) is 9.93. The lowest BCUT2D eigenvalue weighted by molar-refractivity contribution is -0.118. The molecule has 2 heterocycles. The van der Waals surface area contributed by atoms with Gasteiger partial charge in [0.1, 0.15) is 6.54 Å². The number of hydrogen-bond acceptors (Lipinski definition) is 4. The van der Waals surface area contributed by atoms with Crippen molar-refractivity contribution < 1.29 is 9.53 Å². The van der Waals surface area contributed by atoms with Crippen molar-refractivity contribution in [2.45, 2.75) is 25.9 Å². The highest BCUT2D eigenvalue weighted by Crippen LogP contribution is 2.18. The molecule has 0 radical (unpaired) electrons. The van der Waals surface area contributed by atoms with Crippen molar-refractivity contribution in [3.63, 3.8) is 0 Å². The monoisotopic (exact) mass is 238 g/mol. The predicted molar refractivity (Wildman–Crippen MR) is 63.4 cm³/mol. The molecule has 0 saturated carbocycles. The molecule has 2 rings (SSSR count). The molecule has 6 nitrogen and oxygen atoms in total. The fraction of sp³-hybridized carbons (Fsp3) is 0.636. The highest BCUT2D eigenvalue weighted by Gasteiger charge is 2.21. The summed E-state index contributed by atoms with van der Waals surface area (Å²) in [6.45, 7) is 3.85. The Labute approximate surface area is 100 Å². The highest BCUT2D eigenvalue weighted by atomic mass is 16.5. The largest absolute Gasteiger partial charge is 0.381 e. The van der Waals surface area contributed by atoms with Gasteiger partial charge >= 0.3 is 0 Å². The number of rotatable bonds is 4. The fourth-order valence-electron chi connectivity index (χ4n) is 1.99. The molecule has 0 spiro atoms. The smallest absolute Gasteiger partial charge is 0.239 e. The van der Waals surface area contributed by atoms with E-state index in [1.54, 1.807) is 12.4 Å². The first kappa shape index (κ1) is 11.9. The number of carbonyl (C=O) groups excluding carboxylic acids is 1. The molecule has 0 bridgehead atoms. The molecule has 1 saturated heterocycles. The maximum atomic E-state index is 10.7. The Kier molecular flexibility index (Phi) is 3.63. The number of carbonyl (C=O) groups is 1. The molecular weight excluding hydrogens is 220 g/mol. The summed E-state index contributed by atoms with van der Waals surface area (Å²) < 4.78 is 6.92. The average Bonchev–Trinajstić information content (AvgIpc) is 2.68. The molecule has 1 aliphatic heterocycles. The normalized spacial score (nSPS) is 24.5. The molecule has 0 aliphatic carbocycles. The molecule has 6 heteroatoms. The number of amides is 1. The Balaban J connectivity index is 1.93. The van der Waals surface area contributed by atoms with Crippen LogP contribution in [0.4, 0.5) is 5.69 Å². The molecular formula is C11H18N4O2. The van der Waals surface area contributed by atoms with E-state index in [1.807, 2.05) is 0 Å². The third-order valence-electron chi connectivity index (χ3n) is 2.94. The second kappa shape index (κ2) is 5.18. The van der Waals surface area contributed by atoms with Crippen LogP contribution < -0.4 is 11.1 Å². The maximum Gasteiger partial charge on any atom is 0.239 e. The molecule has 94 valence electrons. The molecule has 0 aromatic carbocycles. The number of ether oxygens (including phenoxy) is 1. The van der Waals surface area contributed by atoms with Gasteiger partial charge < -0.3 is 15.8 Å². The Morgan fingerprint density at radius 3 is 3.29 bits per heavy atom. The summed E-state index contributed by atoms with van der Waals surface area (Å²) in [5.41, 5.74) is 6.02. The second-order valence-electron chi connectivity index (χ2n) is 4.48. The summed E-state index contributed by atoms with van der Waals surface area (Å²) in [5, 5.41) is 7.48. The first-order valence-corrected chi connectivity index (χ1v) is 5.80. The lowest BCUT2D eigenvalue weighted by Crippen LogP contribution is -2.35. The summed E-state index contributed by atoms with van der Waals surface area (Å²) in [7, 11) is 0. The summed E-state index contributed by atoms with van der Waals surface area (Å²) in [6, 6.07) is 0.398. The summed E-state index contributed by atoms with van der Waals surface area (Å²) >= 11 is 0. The van der Waals surface area contributed by atoms with Gasteiger partial charge in [-0.15, -0.1) is 0 Å². The third kappa shape index (κ3) is 3.20. The van der Waals surface area contributed by atoms with Crippen molar-refractivity contribution in [1.29, 1.82) is 0 Å². The summed E-state index contributed by atoms with van der Waals surface area (Å²) in [4.78, 5) is 10.7. The first-order valence-electron chi connectivity index (χ1n) is 5.80. The van der Waals surface area contributed by atoms with Crippen LogP contribution in [0.15, 0.2) is 12.4 Å². The zero-order chi connectivity index (χ0) is 12.3. The minimum Gasteiger partial charge on any atom is -0.381 e. The van der Waals surface area contributed by atoms with Gasteiger partial charge in [0, 0.05) is 18.8 Å². The van der Waals surface area contributed by atoms with Crippen molar-refractivity contribution in [2.24, 2.45) is 11.7 Å². The average molecular weight is 238 g/mol. The minimum atomic E-state index is -0.390. The van der Waals surface area contributed by atoms with E-state index in [2.05, 4.69) is 17.3 Å². The first-order chi connectivity index (χ1) is 8.15. The quantitative estimate of drug-likeness (QED) is 0.785. The maximum absolute atomic E-state index is 10.7. The standard InChI is InChI=1S/C11H18N4O2/c1-8-7-17-3-2-10(8)14-9-4-13-15(5-9)6-11(12)16/h4-5,8,10,14H,2-3,6-7H2,1H3,(H2,12,16). The van der Waals surface area contributed by atoms with E-state index in [4.69, 9.17) is 10.5 Å². The van der Waals surface area contributed by atoms with Crippen molar-refractivity contribution in [2.75, 3.05) is 18.5 Å². The van der Waals surface area contributed by atoms with E-state index in [-0.39, 0.29) is 12.5 Å². The zero-order valence-corrected chi connectivity index (χ0v) is 9.93. The van der Waals surface area contributed by atoms with Crippen LogP contribution >= 0.6 is 0 Å². The molecule has 1 aromatic rings. The van der Waals surface area contributed by atoms with Gasteiger partial charge in [0.15, 0.2) is 0 Å². The Morgan fingerprint density at radius 2 is 2.59 bits per heavy atom. The van der Waals surface area contributed by atoms with Crippen molar-refractivity contribution in [3.8, 4) is 0 Å². The number of primary amides is 1. The van der Waals surface area contributed by atoms with Gasteiger partial charge in [-0.05, 0) is 12.3 Å². The van der Waals surface area contributed by atoms with Crippen molar-refractivity contribution >= 4 is 11.6 Å². The van der Waals surface area contributed by atoms with E-state index in [0.29, 0.717) is 12.0 Å². The molecule has 1 fully saturated rings. The SMILES string of the molecule is CC1COCCC1Nc1cnn(CC(N)=O)c1. The number of nitrogens with zero attached hydrogens (tertiary/aromatic N) is 2. The molecule has 1 aromatic heterocycles. The fourth-order valence-corrected chi connectivity index (χ4v) is 1.99. The topological polar surface area (TPSA) is 82.2 Å². The molecule has 1 aliphatic rings. The number of nitrogens with two attached hydrogens (primary N) is 1. The Hall–Kier alpha value is -1.56. The lowest BCUT2D eigenvalue weighted by atomic mass is 9.98. The van der Waals surface area contributed by atoms with E-state index in [0.717, 1.165) is 25.3 Å². The van der Waals surface area contributed by atoms with E-state index >= 15 is 0 Å². The molecule has 3 N–H and O–H groups in total. The molecule has 2 unspecified atom stereocenters. The van der Waals surface area contributed by atoms with Crippen LogP contribution in [-0.2, 0) is 16.1 Å². The van der Waals surface area contributed by atoms with E-state index in [9.17, 15) is 4.79 Å². The lowest BCUT2D eigenvalue weighted by Gasteiger charge is -2.29. The molecule has 1 amide bonds. The van der Waals surface area contributed by atoms with E-state index < -0.39 is 0 Å². The number of nitrogens with one attached hydrogen (secondary N) is 1. The van der Waals surface area contributed by atoms with Crippen LogP contribution in [0.3, 0.4) is 0 Å². The van der Waals surface area contributed by atoms with Gasteiger partial charge in [0.05, 0.1) is 18.5 Å². The minimum absolute atomic E-state index is 0.116. The third-order valence-corrected chi connectivity index (χ3v) is 2.94. The number of hydrogen-bond donors (Lipinski definition) is 2. The Bertz CT molecular complexity index is 391. The van der Waals surface area contributed by atoms with Crippen LogP contribution in [0.5, 0.6) is 0 Å². The van der Waals surface area contributed by atoms with Crippen molar-refractivity contribution in [3.05, 3.63) is 12.4 Å². The summed E-state index contributed by atoms with van der Waals surface area (Å²) in [5.74, 6) is 0.0855. The predicted octanol–water partition coefficient (Wildman–Crippen LogP) is 0.205. The van der Waals surface area contributed by atoms with Crippen LogP contribution in [-0.4, -0.2) is 34.9 Å². The van der Waals surface area contributed by atoms with Crippen LogP contribution in [0, 0.1) is 5.92 Å². The van der Waals surface area contributed by atoms with Gasteiger partial charge in [0.2, 0.25) is 5.91 Å². The number of aromatic nitrogens is 2. The van der Waals surface area contributed by atoms with Gasteiger partial charge in [-0.25, -0.2) is 0 Å². The van der Waals surface area contributed by atoms with E-state index in [1.165, 1.54) is 4.68 Å². The van der Waals surface area contributed by atoms with Crippen LogP contribution in [0.2, 0.25) is 0 Å². The van der Waals surface area contributed by atoms with Gasteiger partial charge in [-0.1, -0.05) is 6.92 Å². The van der Waals surface area contributed by atoms with Gasteiger partial charge in [-0.2, -0.15) is 5.10 Å². The van der Waals surface area contributed by atoms with Crippen LogP contribution in [0.25, 0.3) is 0 Å². The molecule has 2 atom stereocenters. The van der Waals surface area contributed by atoms with Gasteiger partial charge in [0.25, 0.3) is 0 Å². The van der Waals surface area contributed by atoms with Crippen LogP contribution in [0.1, 0.15) is 13.3 Å². The second-order valence-corrected chi connectivity index (χ2v) is 4.48.